The number of benzene rings is 2. The van der Waals surface area contributed by atoms with Crippen molar-refractivity contribution in [2.45, 2.75) is 0 Å². The number of halogens is 2. The largest absolute Gasteiger partial charge is 0.507 e. The Balaban J connectivity index is 2.31. The van der Waals surface area contributed by atoms with Gasteiger partial charge in [-0.25, -0.2) is 4.98 Å². The number of hydrogen-bond acceptors (Lipinski definition) is 2. The van der Waals surface area contributed by atoms with Gasteiger partial charge in [-0.2, -0.15) is 0 Å². The minimum absolute atomic E-state index is 0.227. The topological polar surface area (TPSA) is 38.0 Å². The van der Waals surface area contributed by atoms with Crippen molar-refractivity contribution in [2.75, 3.05) is 0 Å². The molecule has 0 saturated heterocycles. The first-order valence-electron chi connectivity index (χ1n) is 5.67. The third kappa shape index (κ3) is 2.19. The maximum Gasteiger partial charge on any atom is 0.144 e. The Labute approximate surface area is 129 Å². The molecule has 3 rings (SSSR count). The second-order valence-corrected chi connectivity index (χ2v) is 5.97. The third-order valence-corrected chi connectivity index (χ3v) is 3.95. The Morgan fingerprint density at radius 2 is 2.00 bits per heavy atom. The average Bonchev–Trinajstić information content (AvgIpc) is 2.70. The summed E-state index contributed by atoms with van der Waals surface area (Å²) in [6.07, 6.45) is 0. The van der Waals surface area contributed by atoms with Crippen LogP contribution in [0.25, 0.3) is 22.4 Å². The standard InChI is InChI=1S/C14H10ClIN2O/c1-18-12-6-8(15)2-4-11(12)17-14(18)10-7-9(16)3-5-13(10)19/h2-7,19H,1H3. The Hall–Kier alpha value is -1.27. The van der Waals surface area contributed by atoms with E-state index in [2.05, 4.69) is 27.6 Å². The van der Waals surface area contributed by atoms with Crippen LogP contribution >= 0.6 is 34.2 Å². The number of imidazole rings is 1. The molecule has 0 aliphatic rings. The maximum atomic E-state index is 10.0. The second-order valence-electron chi connectivity index (χ2n) is 4.29. The van der Waals surface area contributed by atoms with Crippen LogP contribution < -0.4 is 0 Å². The number of fused-ring (bicyclic) bond motifs is 1. The fraction of sp³-hybridized carbons (Fsp3) is 0.0714. The summed E-state index contributed by atoms with van der Waals surface area (Å²) in [5.74, 6) is 0.957. The highest BCUT2D eigenvalue weighted by Crippen LogP contribution is 2.32. The van der Waals surface area contributed by atoms with Gasteiger partial charge in [-0.3, -0.25) is 0 Å². The summed E-state index contributed by atoms with van der Waals surface area (Å²) in [5.41, 5.74) is 2.53. The Morgan fingerprint density at radius 1 is 1.21 bits per heavy atom. The minimum Gasteiger partial charge on any atom is -0.507 e. The van der Waals surface area contributed by atoms with Crippen molar-refractivity contribution >= 4 is 45.2 Å². The lowest BCUT2D eigenvalue weighted by Gasteiger charge is -2.05. The van der Waals surface area contributed by atoms with E-state index in [1.54, 1.807) is 6.07 Å². The number of nitrogens with zero attached hydrogens (tertiary/aromatic N) is 2. The van der Waals surface area contributed by atoms with E-state index in [4.69, 9.17) is 11.6 Å². The van der Waals surface area contributed by atoms with Crippen LogP contribution in [0.1, 0.15) is 0 Å². The molecule has 96 valence electrons. The fourth-order valence-corrected chi connectivity index (χ4v) is 2.75. The van der Waals surface area contributed by atoms with Gasteiger partial charge in [-0.1, -0.05) is 11.6 Å². The second kappa shape index (κ2) is 4.68. The van der Waals surface area contributed by atoms with Gasteiger partial charge >= 0.3 is 0 Å². The highest BCUT2D eigenvalue weighted by Gasteiger charge is 2.13. The highest BCUT2D eigenvalue weighted by atomic mass is 127. The molecule has 0 aliphatic heterocycles. The predicted octanol–water partition coefficient (Wildman–Crippen LogP) is 4.20. The zero-order valence-corrected chi connectivity index (χ0v) is 13.0. The molecule has 1 N–H and O–H groups in total. The molecule has 0 spiro atoms. The van der Waals surface area contributed by atoms with E-state index in [0.717, 1.165) is 26.0 Å². The molecule has 2 aromatic carbocycles. The summed E-state index contributed by atoms with van der Waals surface area (Å²) in [6.45, 7) is 0. The lowest BCUT2D eigenvalue weighted by atomic mass is 10.2. The van der Waals surface area contributed by atoms with Crippen molar-refractivity contribution in [3.05, 3.63) is 45.0 Å². The number of aryl methyl sites for hydroxylation is 1. The van der Waals surface area contributed by atoms with E-state index in [1.807, 2.05) is 41.9 Å². The summed E-state index contributed by atoms with van der Waals surface area (Å²) >= 11 is 8.23. The SMILES string of the molecule is Cn1c(-c2cc(I)ccc2O)nc2ccc(Cl)cc21. The molecule has 1 aromatic heterocycles. The molecule has 19 heavy (non-hydrogen) atoms. The molecule has 0 saturated carbocycles. The Bertz CT molecular complexity index is 782. The number of aromatic nitrogens is 2. The van der Waals surface area contributed by atoms with Crippen molar-refractivity contribution < 1.29 is 5.11 Å². The maximum absolute atomic E-state index is 10.0. The van der Waals surface area contributed by atoms with Crippen LogP contribution in [0, 0.1) is 3.57 Å². The van der Waals surface area contributed by atoms with Crippen molar-refractivity contribution in [3.8, 4) is 17.1 Å². The number of phenols is 1. The molecule has 5 heteroatoms. The Kier molecular flexibility index (Phi) is 3.14. The van der Waals surface area contributed by atoms with Gasteiger partial charge in [-0.15, -0.1) is 0 Å². The van der Waals surface area contributed by atoms with Gasteiger partial charge in [0, 0.05) is 15.6 Å². The number of aromatic hydroxyl groups is 1. The molecular weight excluding hydrogens is 375 g/mol. The first-order valence-corrected chi connectivity index (χ1v) is 7.13. The monoisotopic (exact) mass is 384 g/mol. The average molecular weight is 385 g/mol. The van der Waals surface area contributed by atoms with Crippen LogP contribution in [0.2, 0.25) is 5.02 Å². The van der Waals surface area contributed by atoms with E-state index < -0.39 is 0 Å². The number of rotatable bonds is 1. The zero-order valence-electron chi connectivity index (χ0n) is 10.1. The summed E-state index contributed by atoms with van der Waals surface area (Å²) < 4.78 is 2.99. The summed E-state index contributed by atoms with van der Waals surface area (Å²) in [4.78, 5) is 4.57. The van der Waals surface area contributed by atoms with Gasteiger partial charge in [0.2, 0.25) is 0 Å². The van der Waals surface area contributed by atoms with Crippen LogP contribution in [-0.4, -0.2) is 14.7 Å². The lowest BCUT2D eigenvalue weighted by Crippen LogP contribution is -1.93. The molecule has 0 fully saturated rings. The van der Waals surface area contributed by atoms with Crippen molar-refractivity contribution in [3.63, 3.8) is 0 Å². The van der Waals surface area contributed by atoms with Crippen LogP contribution in [0.4, 0.5) is 0 Å². The molecule has 0 amide bonds. The molecule has 0 atom stereocenters. The summed E-state index contributed by atoms with van der Waals surface area (Å²) in [5, 5.41) is 10.7. The van der Waals surface area contributed by atoms with Crippen molar-refractivity contribution in [2.24, 2.45) is 7.05 Å². The van der Waals surface area contributed by atoms with Gasteiger partial charge in [0.25, 0.3) is 0 Å². The first-order chi connectivity index (χ1) is 9.06. The van der Waals surface area contributed by atoms with E-state index in [-0.39, 0.29) is 5.75 Å². The van der Waals surface area contributed by atoms with E-state index in [9.17, 15) is 5.11 Å². The number of hydrogen-bond donors (Lipinski definition) is 1. The number of phenolic OH excluding ortho intramolecular Hbond substituents is 1. The molecule has 0 radical (unpaired) electrons. The van der Waals surface area contributed by atoms with Crippen LogP contribution in [-0.2, 0) is 7.05 Å². The molecule has 0 aliphatic carbocycles. The first kappa shape index (κ1) is 12.7. The van der Waals surface area contributed by atoms with Crippen LogP contribution in [0.15, 0.2) is 36.4 Å². The molecule has 1 heterocycles. The molecule has 3 nitrogen and oxygen atoms in total. The lowest BCUT2D eigenvalue weighted by molar-refractivity contribution is 0.476. The molecule has 3 aromatic rings. The van der Waals surface area contributed by atoms with Crippen LogP contribution in [0.3, 0.4) is 0 Å². The van der Waals surface area contributed by atoms with Gasteiger partial charge in [-0.05, 0) is 59.0 Å². The zero-order chi connectivity index (χ0) is 13.6. The normalized spacial score (nSPS) is 11.1. The van der Waals surface area contributed by atoms with E-state index in [1.165, 1.54) is 0 Å². The van der Waals surface area contributed by atoms with E-state index in [0.29, 0.717) is 5.02 Å². The van der Waals surface area contributed by atoms with Gasteiger partial charge < -0.3 is 9.67 Å². The Morgan fingerprint density at radius 3 is 2.79 bits per heavy atom. The van der Waals surface area contributed by atoms with Crippen molar-refractivity contribution in [1.82, 2.24) is 9.55 Å². The van der Waals surface area contributed by atoms with E-state index >= 15 is 0 Å². The van der Waals surface area contributed by atoms with Gasteiger partial charge in [0.1, 0.15) is 11.6 Å². The van der Waals surface area contributed by atoms with Gasteiger partial charge in [0.15, 0.2) is 0 Å². The van der Waals surface area contributed by atoms with Crippen LogP contribution in [0.5, 0.6) is 5.75 Å². The predicted molar refractivity (Wildman–Crippen MR) is 85.5 cm³/mol. The smallest absolute Gasteiger partial charge is 0.144 e. The fourth-order valence-electron chi connectivity index (χ4n) is 2.09. The molecule has 0 unspecified atom stereocenters. The van der Waals surface area contributed by atoms with Gasteiger partial charge in [0.05, 0.1) is 16.6 Å². The van der Waals surface area contributed by atoms with Crippen molar-refractivity contribution in [1.29, 1.82) is 0 Å². The third-order valence-electron chi connectivity index (χ3n) is 3.04. The quantitative estimate of drug-likeness (QED) is 0.639. The molecular formula is C14H10ClIN2O. The molecule has 0 bridgehead atoms. The highest BCUT2D eigenvalue weighted by molar-refractivity contribution is 14.1. The summed E-state index contributed by atoms with van der Waals surface area (Å²) in [6, 6.07) is 11.0. The minimum atomic E-state index is 0.227. The summed E-state index contributed by atoms with van der Waals surface area (Å²) in [7, 11) is 1.92.